The Balaban J connectivity index is 1.86. The molecule has 1 aromatic carbocycles. The van der Waals surface area contributed by atoms with Crippen LogP contribution >= 0.6 is 11.3 Å². The maximum absolute atomic E-state index is 13.0. The van der Waals surface area contributed by atoms with Crippen LogP contribution in [0.25, 0.3) is 22.0 Å². The first-order chi connectivity index (χ1) is 12.6. The van der Waals surface area contributed by atoms with Crippen LogP contribution in [0.3, 0.4) is 0 Å². The fourth-order valence-electron chi connectivity index (χ4n) is 3.21. The number of thiazole rings is 1. The summed E-state index contributed by atoms with van der Waals surface area (Å²) in [6.07, 6.45) is 5.71. The Bertz CT molecular complexity index is 1000. The highest BCUT2D eigenvalue weighted by Crippen LogP contribution is 2.31. The quantitative estimate of drug-likeness (QED) is 0.766. The second-order valence-corrected chi connectivity index (χ2v) is 7.33. The zero-order valence-electron chi connectivity index (χ0n) is 14.0. The van der Waals surface area contributed by atoms with Crippen molar-refractivity contribution in [1.29, 1.82) is 0 Å². The molecule has 1 aliphatic rings. The number of carbonyl (C=O) groups is 1. The molecule has 132 valence electrons. The van der Waals surface area contributed by atoms with E-state index in [1.165, 1.54) is 27.0 Å². The molecular weight excluding hydrogens is 350 g/mol. The van der Waals surface area contributed by atoms with E-state index in [2.05, 4.69) is 9.97 Å². The first kappa shape index (κ1) is 16.7. The lowest BCUT2D eigenvalue weighted by atomic mass is 10.0. The number of rotatable bonds is 4. The van der Waals surface area contributed by atoms with Crippen LogP contribution in [0.15, 0.2) is 41.3 Å². The van der Waals surface area contributed by atoms with E-state index < -0.39 is 12.5 Å². The third kappa shape index (κ3) is 3.06. The highest BCUT2D eigenvalue weighted by atomic mass is 32.1. The van der Waals surface area contributed by atoms with Crippen molar-refractivity contribution in [2.75, 3.05) is 0 Å². The molecule has 0 unspecified atom stereocenters. The molecule has 0 aliphatic heterocycles. The summed E-state index contributed by atoms with van der Waals surface area (Å²) in [5, 5.41) is 9.89. The van der Waals surface area contributed by atoms with Gasteiger partial charge in [-0.15, -0.1) is 11.3 Å². The van der Waals surface area contributed by atoms with Gasteiger partial charge in [-0.25, -0.2) is 9.97 Å². The molecule has 3 aromatic rings. The number of aromatic nitrogens is 3. The Morgan fingerprint density at radius 2 is 1.96 bits per heavy atom. The lowest BCUT2D eigenvalue weighted by Crippen LogP contribution is -2.27. The Morgan fingerprint density at radius 1 is 1.19 bits per heavy atom. The molecule has 2 aromatic heterocycles. The summed E-state index contributed by atoms with van der Waals surface area (Å²) >= 11 is 1.52. The molecule has 0 spiro atoms. The molecular formula is C19H17N3O3S. The molecule has 0 bridgehead atoms. The zero-order chi connectivity index (χ0) is 18.1. The molecule has 0 amide bonds. The standard InChI is InChI=1S/C19H17N3O3S/c23-16(24)11-22-17(12-6-2-1-3-7-12)20-10-13(19(22)25)18-21-14-8-4-5-9-15(14)26-18/h1-3,6-7,10H,4-5,8-9,11H2,(H,23,24). The van der Waals surface area contributed by atoms with Crippen LogP contribution in [0.2, 0.25) is 0 Å². The van der Waals surface area contributed by atoms with Gasteiger partial charge in [0.25, 0.3) is 5.56 Å². The molecule has 0 atom stereocenters. The average Bonchev–Trinajstić information content (AvgIpc) is 3.07. The summed E-state index contributed by atoms with van der Waals surface area (Å²) in [7, 11) is 0. The van der Waals surface area contributed by atoms with Crippen molar-refractivity contribution in [3.63, 3.8) is 0 Å². The van der Waals surface area contributed by atoms with Gasteiger partial charge in [-0.3, -0.25) is 14.2 Å². The largest absolute Gasteiger partial charge is 0.480 e. The smallest absolute Gasteiger partial charge is 0.323 e. The number of hydrogen-bond donors (Lipinski definition) is 1. The molecule has 26 heavy (non-hydrogen) atoms. The number of aliphatic carboxylic acids is 1. The van der Waals surface area contributed by atoms with Gasteiger partial charge in [0.2, 0.25) is 0 Å². The van der Waals surface area contributed by atoms with Gasteiger partial charge in [0, 0.05) is 16.6 Å². The predicted octanol–water partition coefficient (Wildman–Crippen LogP) is 3.00. The van der Waals surface area contributed by atoms with Gasteiger partial charge in [-0.1, -0.05) is 30.3 Å². The Labute approximate surface area is 153 Å². The molecule has 1 aliphatic carbocycles. The van der Waals surface area contributed by atoms with E-state index in [0.29, 0.717) is 22.0 Å². The second-order valence-electron chi connectivity index (χ2n) is 6.24. The lowest BCUT2D eigenvalue weighted by Gasteiger charge is -2.11. The van der Waals surface area contributed by atoms with E-state index in [9.17, 15) is 14.7 Å². The van der Waals surface area contributed by atoms with Gasteiger partial charge >= 0.3 is 5.97 Å². The SMILES string of the molecule is O=C(O)Cn1c(-c2ccccc2)ncc(-c2nc3c(s2)CCCC3)c1=O. The van der Waals surface area contributed by atoms with E-state index in [1.807, 2.05) is 30.3 Å². The van der Waals surface area contributed by atoms with Crippen LogP contribution in [-0.4, -0.2) is 25.6 Å². The van der Waals surface area contributed by atoms with E-state index in [-0.39, 0.29) is 5.56 Å². The van der Waals surface area contributed by atoms with Crippen LogP contribution in [0.1, 0.15) is 23.4 Å². The van der Waals surface area contributed by atoms with Crippen LogP contribution in [0.5, 0.6) is 0 Å². The number of benzene rings is 1. The minimum Gasteiger partial charge on any atom is -0.480 e. The van der Waals surface area contributed by atoms with Crippen molar-refractivity contribution < 1.29 is 9.90 Å². The fourth-order valence-corrected chi connectivity index (χ4v) is 4.36. The number of nitrogens with zero attached hydrogens (tertiary/aromatic N) is 3. The molecule has 0 saturated heterocycles. The van der Waals surface area contributed by atoms with Crippen LogP contribution in [-0.2, 0) is 24.2 Å². The normalized spacial score (nSPS) is 13.4. The van der Waals surface area contributed by atoms with Gasteiger partial charge in [-0.05, 0) is 25.7 Å². The number of fused-ring (bicyclic) bond motifs is 1. The fraction of sp³-hybridized carbons (Fsp3) is 0.263. The van der Waals surface area contributed by atoms with E-state index in [0.717, 1.165) is 31.4 Å². The summed E-state index contributed by atoms with van der Waals surface area (Å²) < 4.78 is 1.22. The third-order valence-electron chi connectivity index (χ3n) is 4.45. The van der Waals surface area contributed by atoms with E-state index in [4.69, 9.17) is 0 Å². The number of hydrogen-bond acceptors (Lipinski definition) is 5. The van der Waals surface area contributed by atoms with Gasteiger partial charge in [0.15, 0.2) is 0 Å². The van der Waals surface area contributed by atoms with Crippen LogP contribution < -0.4 is 5.56 Å². The van der Waals surface area contributed by atoms with Crippen molar-refractivity contribution in [3.8, 4) is 22.0 Å². The number of carboxylic acid groups (broad SMARTS) is 1. The van der Waals surface area contributed by atoms with Gasteiger partial charge in [-0.2, -0.15) is 0 Å². The van der Waals surface area contributed by atoms with Crippen molar-refractivity contribution in [2.45, 2.75) is 32.2 Å². The summed E-state index contributed by atoms with van der Waals surface area (Å²) in [4.78, 5) is 34.6. The maximum atomic E-state index is 13.0. The van der Waals surface area contributed by atoms with Crippen molar-refractivity contribution >= 4 is 17.3 Å². The monoisotopic (exact) mass is 367 g/mol. The molecule has 0 saturated carbocycles. The zero-order valence-corrected chi connectivity index (χ0v) is 14.8. The summed E-state index contributed by atoms with van der Waals surface area (Å²) in [5.41, 5.74) is 1.76. The highest BCUT2D eigenvalue weighted by Gasteiger charge is 2.21. The van der Waals surface area contributed by atoms with Gasteiger partial charge in [0.1, 0.15) is 17.4 Å². The van der Waals surface area contributed by atoms with Crippen molar-refractivity contribution in [1.82, 2.24) is 14.5 Å². The minimum absolute atomic E-state index is 0.350. The predicted molar refractivity (Wildman–Crippen MR) is 99.3 cm³/mol. The minimum atomic E-state index is -1.08. The second kappa shape index (κ2) is 6.84. The lowest BCUT2D eigenvalue weighted by molar-refractivity contribution is -0.137. The molecule has 1 N–H and O–H groups in total. The summed E-state index contributed by atoms with van der Waals surface area (Å²) in [6.45, 7) is -0.436. The molecule has 2 heterocycles. The maximum Gasteiger partial charge on any atom is 0.323 e. The Kier molecular flexibility index (Phi) is 4.38. The molecule has 7 heteroatoms. The summed E-state index contributed by atoms with van der Waals surface area (Å²) in [6, 6.07) is 9.13. The topological polar surface area (TPSA) is 85.1 Å². The van der Waals surface area contributed by atoms with Crippen molar-refractivity contribution in [3.05, 3.63) is 57.5 Å². The third-order valence-corrected chi connectivity index (χ3v) is 5.64. The Morgan fingerprint density at radius 3 is 2.69 bits per heavy atom. The van der Waals surface area contributed by atoms with E-state index >= 15 is 0 Å². The van der Waals surface area contributed by atoms with Crippen LogP contribution in [0, 0.1) is 0 Å². The van der Waals surface area contributed by atoms with Crippen LogP contribution in [0.4, 0.5) is 0 Å². The van der Waals surface area contributed by atoms with Gasteiger partial charge in [0.05, 0.1) is 11.3 Å². The number of aryl methyl sites for hydroxylation is 2. The average molecular weight is 367 g/mol. The highest BCUT2D eigenvalue weighted by molar-refractivity contribution is 7.15. The number of carboxylic acids is 1. The molecule has 0 radical (unpaired) electrons. The van der Waals surface area contributed by atoms with Gasteiger partial charge < -0.3 is 5.11 Å². The molecule has 4 rings (SSSR count). The summed E-state index contributed by atoms with van der Waals surface area (Å²) in [5.74, 6) is -0.732. The molecule has 6 nitrogen and oxygen atoms in total. The van der Waals surface area contributed by atoms with E-state index in [1.54, 1.807) is 0 Å². The molecule has 0 fully saturated rings. The first-order valence-electron chi connectivity index (χ1n) is 8.49. The first-order valence-corrected chi connectivity index (χ1v) is 9.31. The Hall–Kier alpha value is -2.80. The van der Waals surface area contributed by atoms with Crippen molar-refractivity contribution in [2.24, 2.45) is 0 Å².